The van der Waals surface area contributed by atoms with Crippen LogP contribution in [0.15, 0.2) is 30.3 Å². The number of carbonyl (C=O) groups is 1. The van der Waals surface area contributed by atoms with Crippen LogP contribution in [0.5, 0.6) is 17.2 Å². The Morgan fingerprint density at radius 3 is 2.69 bits per heavy atom. The number of benzene rings is 2. The minimum absolute atomic E-state index is 0.0844. The molecule has 2 aliphatic rings. The van der Waals surface area contributed by atoms with Crippen molar-refractivity contribution in [3.63, 3.8) is 0 Å². The summed E-state index contributed by atoms with van der Waals surface area (Å²) in [7, 11) is 0. The normalized spacial score (nSPS) is 17.8. The van der Waals surface area contributed by atoms with Crippen LogP contribution in [-0.2, 0) is 13.0 Å². The van der Waals surface area contributed by atoms with E-state index in [2.05, 4.69) is 5.32 Å². The molecule has 136 valence electrons. The second-order valence-electron chi connectivity index (χ2n) is 6.91. The van der Waals surface area contributed by atoms with Crippen molar-refractivity contribution < 1.29 is 19.0 Å². The maximum absolute atomic E-state index is 12.5. The summed E-state index contributed by atoms with van der Waals surface area (Å²) in [4.78, 5) is 12.5. The van der Waals surface area contributed by atoms with Crippen molar-refractivity contribution in [3.05, 3.63) is 52.6 Å². The average molecular weight is 353 g/mol. The Labute approximate surface area is 153 Å². The molecule has 0 unspecified atom stereocenters. The zero-order valence-electron chi connectivity index (χ0n) is 15.1. The molecule has 0 aromatic heterocycles. The second-order valence-corrected chi connectivity index (χ2v) is 6.91. The van der Waals surface area contributed by atoms with Gasteiger partial charge in [0.1, 0.15) is 11.9 Å². The van der Waals surface area contributed by atoms with Gasteiger partial charge in [-0.2, -0.15) is 0 Å². The number of carbonyl (C=O) groups excluding carboxylic acids is 1. The van der Waals surface area contributed by atoms with E-state index in [0.717, 1.165) is 46.8 Å². The molecule has 5 heteroatoms. The number of hydrogen-bond acceptors (Lipinski definition) is 4. The van der Waals surface area contributed by atoms with Crippen LogP contribution in [0.1, 0.15) is 40.4 Å². The summed E-state index contributed by atoms with van der Waals surface area (Å²) in [5, 5.41) is 3.00. The first-order valence-corrected chi connectivity index (χ1v) is 9.07. The number of hydrogen-bond donors (Lipinski definition) is 1. The Bertz CT molecular complexity index is 846. The molecule has 26 heavy (non-hydrogen) atoms. The van der Waals surface area contributed by atoms with E-state index in [1.807, 2.05) is 44.2 Å². The highest BCUT2D eigenvalue weighted by Crippen LogP contribution is 2.33. The first-order chi connectivity index (χ1) is 12.6. The number of rotatable bonds is 3. The van der Waals surface area contributed by atoms with Gasteiger partial charge in [-0.1, -0.05) is 0 Å². The summed E-state index contributed by atoms with van der Waals surface area (Å²) in [5.41, 5.74) is 3.86. The maximum Gasteiger partial charge on any atom is 0.251 e. The first kappa shape index (κ1) is 16.8. The molecule has 5 nitrogen and oxygen atoms in total. The van der Waals surface area contributed by atoms with Crippen LogP contribution < -0.4 is 19.5 Å². The molecule has 0 saturated carbocycles. The molecule has 0 radical (unpaired) electrons. The molecule has 1 atom stereocenters. The summed E-state index contributed by atoms with van der Waals surface area (Å²) >= 11 is 0. The quantitative estimate of drug-likeness (QED) is 0.919. The highest BCUT2D eigenvalue weighted by atomic mass is 16.5. The van der Waals surface area contributed by atoms with Crippen molar-refractivity contribution in [1.82, 2.24) is 5.32 Å². The predicted octanol–water partition coefficient (Wildman–Crippen LogP) is 3.41. The highest BCUT2D eigenvalue weighted by molar-refractivity contribution is 5.94. The van der Waals surface area contributed by atoms with Crippen LogP contribution in [-0.4, -0.2) is 25.2 Å². The van der Waals surface area contributed by atoms with Gasteiger partial charge in [-0.15, -0.1) is 0 Å². The Morgan fingerprint density at radius 2 is 1.88 bits per heavy atom. The van der Waals surface area contributed by atoms with E-state index in [1.165, 1.54) is 0 Å². The van der Waals surface area contributed by atoms with Crippen LogP contribution in [0.25, 0.3) is 0 Å². The molecular formula is C21H23NO4. The zero-order valence-corrected chi connectivity index (χ0v) is 15.1. The SMILES string of the molecule is Cc1cc2c(cc1CNC(=O)c1ccc3c(c1)C[C@H](C)O3)OCCCO2. The Kier molecular flexibility index (Phi) is 4.45. The molecule has 4 rings (SSSR count). The standard InChI is InChI=1S/C21H23NO4/c1-13-8-19-20(25-7-3-6-24-19)11-17(13)12-22-21(23)15-4-5-18-16(10-15)9-14(2)26-18/h4-5,8,10-11,14H,3,6-7,9,12H2,1-2H3,(H,22,23)/t14-/m0/s1. The van der Waals surface area contributed by atoms with E-state index in [1.54, 1.807) is 0 Å². The fourth-order valence-corrected chi connectivity index (χ4v) is 3.38. The van der Waals surface area contributed by atoms with Gasteiger partial charge in [0.25, 0.3) is 5.91 Å². The number of nitrogens with one attached hydrogen (secondary N) is 1. The minimum Gasteiger partial charge on any atom is -0.490 e. The van der Waals surface area contributed by atoms with Crippen LogP contribution in [0, 0.1) is 6.92 Å². The van der Waals surface area contributed by atoms with Crippen LogP contribution in [0.4, 0.5) is 0 Å². The van der Waals surface area contributed by atoms with Gasteiger partial charge in [-0.05, 0) is 60.9 Å². The van der Waals surface area contributed by atoms with Crippen LogP contribution in [0.3, 0.4) is 0 Å². The average Bonchev–Trinajstić information content (AvgIpc) is 2.85. The van der Waals surface area contributed by atoms with Gasteiger partial charge in [-0.3, -0.25) is 4.79 Å². The van der Waals surface area contributed by atoms with Crippen molar-refractivity contribution in [2.24, 2.45) is 0 Å². The lowest BCUT2D eigenvalue weighted by atomic mass is 10.1. The van der Waals surface area contributed by atoms with Gasteiger partial charge in [-0.25, -0.2) is 0 Å². The Hall–Kier alpha value is -2.69. The van der Waals surface area contributed by atoms with Crippen molar-refractivity contribution in [3.8, 4) is 17.2 Å². The molecular weight excluding hydrogens is 330 g/mol. The van der Waals surface area contributed by atoms with Crippen molar-refractivity contribution in [2.45, 2.75) is 39.3 Å². The lowest BCUT2D eigenvalue weighted by molar-refractivity contribution is 0.0950. The third-order valence-electron chi connectivity index (χ3n) is 4.80. The summed E-state index contributed by atoms with van der Waals surface area (Å²) in [6.45, 7) is 5.82. The topological polar surface area (TPSA) is 56.8 Å². The molecule has 0 bridgehead atoms. The zero-order chi connectivity index (χ0) is 18.1. The van der Waals surface area contributed by atoms with E-state index in [4.69, 9.17) is 14.2 Å². The second kappa shape index (κ2) is 6.90. The predicted molar refractivity (Wildman–Crippen MR) is 98.2 cm³/mol. The number of fused-ring (bicyclic) bond motifs is 2. The largest absolute Gasteiger partial charge is 0.490 e. The third kappa shape index (κ3) is 3.34. The van der Waals surface area contributed by atoms with Crippen molar-refractivity contribution in [1.29, 1.82) is 0 Å². The van der Waals surface area contributed by atoms with E-state index in [9.17, 15) is 4.79 Å². The molecule has 2 heterocycles. The van der Waals surface area contributed by atoms with Gasteiger partial charge in [0.05, 0.1) is 13.2 Å². The Balaban J connectivity index is 1.46. The minimum atomic E-state index is -0.0844. The summed E-state index contributed by atoms with van der Waals surface area (Å²) in [6, 6.07) is 9.57. The summed E-state index contributed by atoms with van der Waals surface area (Å²) in [6.07, 6.45) is 1.89. The molecule has 2 aliphatic heterocycles. The van der Waals surface area contributed by atoms with Crippen LogP contribution in [0.2, 0.25) is 0 Å². The number of aryl methyl sites for hydroxylation is 1. The summed E-state index contributed by atoms with van der Waals surface area (Å²) < 4.78 is 17.1. The molecule has 1 amide bonds. The van der Waals surface area contributed by atoms with Crippen molar-refractivity contribution in [2.75, 3.05) is 13.2 Å². The molecule has 0 aliphatic carbocycles. The lowest BCUT2D eigenvalue weighted by Crippen LogP contribution is -2.23. The highest BCUT2D eigenvalue weighted by Gasteiger charge is 2.20. The number of amides is 1. The molecule has 1 N–H and O–H groups in total. The van der Waals surface area contributed by atoms with E-state index in [-0.39, 0.29) is 12.0 Å². The number of ether oxygens (including phenoxy) is 3. The fraction of sp³-hybridized carbons (Fsp3) is 0.381. The lowest BCUT2D eigenvalue weighted by Gasteiger charge is -2.13. The summed E-state index contributed by atoms with van der Waals surface area (Å²) in [5.74, 6) is 2.33. The van der Waals surface area contributed by atoms with Gasteiger partial charge in [0, 0.05) is 24.9 Å². The molecule has 0 spiro atoms. The third-order valence-corrected chi connectivity index (χ3v) is 4.80. The van der Waals surface area contributed by atoms with Gasteiger partial charge >= 0.3 is 0 Å². The first-order valence-electron chi connectivity index (χ1n) is 9.07. The van der Waals surface area contributed by atoms with E-state index in [0.29, 0.717) is 25.3 Å². The van der Waals surface area contributed by atoms with Crippen LogP contribution >= 0.6 is 0 Å². The smallest absolute Gasteiger partial charge is 0.251 e. The Morgan fingerprint density at radius 1 is 1.12 bits per heavy atom. The van der Waals surface area contributed by atoms with E-state index >= 15 is 0 Å². The van der Waals surface area contributed by atoms with Gasteiger partial charge in [0.2, 0.25) is 0 Å². The van der Waals surface area contributed by atoms with E-state index < -0.39 is 0 Å². The molecule has 2 aromatic rings. The molecule has 2 aromatic carbocycles. The van der Waals surface area contributed by atoms with Gasteiger partial charge in [0.15, 0.2) is 11.5 Å². The molecule has 0 fully saturated rings. The fourth-order valence-electron chi connectivity index (χ4n) is 3.38. The molecule has 0 saturated heterocycles. The van der Waals surface area contributed by atoms with Crippen molar-refractivity contribution >= 4 is 5.91 Å². The maximum atomic E-state index is 12.5. The monoisotopic (exact) mass is 353 g/mol. The van der Waals surface area contributed by atoms with Gasteiger partial charge < -0.3 is 19.5 Å².